The third-order valence-electron chi connectivity index (χ3n) is 4.36. The molecule has 140 valence electrons. The average molecular weight is 392 g/mol. The zero-order chi connectivity index (χ0) is 19.7. The van der Waals surface area contributed by atoms with Crippen LogP contribution >= 0.6 is 11.3 Å². The third kappa shape index (κ3) is 3.49. The molecule has 0 saturated carbocycles. The lowest BCUT2D eigenvalue weighted by Crippen LogP contribution is -2.18. The highest BCUT2D eigenvalue weighted by Crippen LogP contribution is 2.32. The first-order chi connectivity index (χ1) is 13.5. The van der Waals surface area contributed by atoms with Crippen LogP contribution in [0.4, 0.5) is 10.8 Å². The van der Waals surface area contributed by atoms with Gasteiger partial charge in [0.25, 0.3) is 5.69 Å². The van der Waals surface area contributed by atoms with Crippen LogP contribution in [0.25, 0.3) is 21.3 Å². The van der Waals surface area contributed by atoms with Crippen LogP contribution in [0.3, 0.4) is 0 Å². The van der Waals surface area contributed by atoms with Crippen molar-refractivity contribution in [1.29, 1.82) is 0 Å². The minimum Gasteiger partial charge on any atom is -0.338 e. The van der Waals surface area contributed by atoms with Crippen LogP contribution in [0.2, 0.25) is 0 Å². The Kier molecular flexibility index (Phi) is 4.62. The molecule has 2 aromatic carbocycles. The van der Waals surface area contributed by atoms with E-state index in [2.05, 4.69) is 10.3 Å². The van der Waals surface area contributed by atoms with Gasteiger partial charge in [-0.05, 0) is 24.6 Å². The van der Waals surface area contributed by atoms with Crippen molar-refractivity contribution in [2.75, 3.05) is 5.32 Å². The van der Waals surface area contributed by atoms with E-state index in [1.807, 2.05) is 37.3 Å². The molecule has 0 spiro atoms. The number of nitrogens with zero attached hydrogens (tertiary/aromatic N) is 3. The van der Waals surface area contributed by atoms with E-state index in [4.69, 9.17) is 0 Å². The van der Waals surface area contributed by atoms with Crippen molar-refractivity contribution in [2.24, 2.45) is 0 Å². The highest BCUT2D eigenvalue weighted by molar-refractivity contribution is 7.19. The molecule has 0 aliphatic carbocycles. The van der Waals surface area contributed by atoms with Crippen LogP contribution in [0.5, 0.6) is 0 Å². The van der Waals surface area contributed by atoms with Gasteiger partial charge in [-0.25, -0.2) is 4.98 Å². The van der Waals surface area contributed by atoms with Crippen LogP contribution in [0, 0.1) is 17.0 Å². The number of carbonyl (C=O) groups is 1. The molecular formula is C20H16N4O3S. The number of nitrogens with one attached hydrogen (secondary N) is 1. The maximum Gasteiger partial charge on any atom is 0.270 e. The van der Waals surface area contributed by atoms with E-state index in [9.17, 15) is 14.9 Å². The molecule has 2 heterocycles. The van der Waals surface area contributed by atoms with E-state index in [0.29, 0.717) is 5.13 Å². The monoisotopic (exact) mass is 392 g/mol. The minimum absolute atomic E-state index is 0.0291. The molecular weight excluding hydrogens is 376 g/mol. The molecule has 0 aliphatic rings. The molecule has 1 N–H and O–H groups in total. The molecule has 1 amide bonds. The van der Waals surface area contributed by atoms with Gasteiger partial charge in [0.15, 0.2) is 5.13 Å². The molecule has 0 unspecified atom stereocenters. The number of thiazole rings is 1. The van der Waals surface area contributed by atoms with Crippen LogP contribution < -0.4 is 5.32 Å². The van der Waals surface area contributed by atoms with Gasteiger partial charge in [0.2, 0.25) is 5.91 Å². The quantitative estimate of drug-likeness (QED) is 0.396. The number of rotatable bonds is 5. The fourth-order valence-corrected chi connectivity index (χ4v) is 4.05. The normalized spacial score (nSPS) is 10.9. The Bertz CT molecular complexity index is 1180. The number of aromatic nitrogens is 2. The van der Waals surface area contributed by atoms with E-state index in [1.165, 1.54) is 23.5 Å². The van der Waals surface area contributed by atoms with Crippen LogP contribution in [-0.2, 0) is 11.3 Å². The lowest BCUT2D eigenvalue weighted by Gasteiger charge is -2.05. The summed E-state index contributed by atoms with van der Waals surface area (Å²) in [5.41, 5.74) is 2.73. The Morgan fingerprint density at radius 3 is 2.75 bits per heavy atom. The molecule has 4 aromatic rings. The smallest absolute Gasteiger partial charge is 0.270 e. The average Bonchev–Trinajstić information content (AvgIpc) is 3.25. The Labute approximate surface area is 164 Å². The van der Waals surface area contributed by atoms with Gasteiger partial charge < -0.3 is 9.88 Å². The van der Waals surface area contributed by atoms with Crippen molar-refractivity contribution in [2.45, 2.75) is 13.5 Å². The number of amides is 1. The summed E-state index contributed by atoms with van der Waals surface area (Å²) < 4.78 is 1.76. The van der Waals surface area contributed by atoms with Gasteiger partial charge in [0.1, 0.15) is 6.54 Å². The molecule has 28 heavy (non-hydrogen) atoms. The van der Waals surface area contributed by atoms with E-state index in [-0.39, 0.29) is 18.1 Å². The Hall–Kier alpha value is -3.52. The second-order valence-corrected chi connectivity index (χ2v) is 7.29. The number of non-ortho nitro benzene ring substituents is 1. The second kappa shape index (κ2) is 7.24. The highest BCUT2D eigenvalue weighted by atomic mass is 32.1. The number of nitro groups is 1. The fourth-order valence-electron chi connectivity index (χ4n) is 3.06. The van der Waals surface area contributed by atoms with Gasteiger partial charge in [-0.3, -0.25) is 14.9 Å². The summed E-state index contributed by atoms with van der Waals surface area (Å²) in [5, 5.41) is 15.0. The molecule has 0 atom stereocenters. The van der Waals surface area contributed by atoms with E-state index in [1.54, 1.807) is 22.9 Å². The highest BCUT2D eigenvalue weighted by Gasteiger charge is 2.14. The minimum atomic E-state index is -0.432. The number of aryl methyl sites for hydroxylation is 1. The molecule has 2 aromatic heterocycles. The van der Waals surface area contributed by atoms with Crippen molar-refractivity contribution in [1.82, 2.24) is 9.55 Å². The van der Waals surface area contributed by atoms with Crippen molar-refractivity contribution in [3.63, 3.8) is 0 Å². The number of hydrogen-bond donors (Lipinski definition) is 1. The fraction of sp³-hybridized carbons (Fsp3) is 0.100. The molecule has 0 radical (unpaired) electrons. The van der Waals surface area contributed by atoms with E-state index in [0.717, 1.165) is 27.0 Å². The Morgan fingerprint density at radius 2 is 2.00 bits per heavy atom. The summed E-state index contributed by atoms with van der Waals surface area (Å²) in [4.78, 5) is 28.4. The third-order valence-corrected chi connectivity index (χ3v) is 5.48. The summed E-state index contributed by atoms with van der Waals surface area (Å²) >= 11 is 1.44. The maximum absolute atomic E-state index is 12.5. The topological polar surface area (TPSA) is 90.1 Å². The largest absolute Gasteiger partial charge is 0.338 e. The zero-order valence-electron chi connectivity index (χ0n) is 15.0. The SMILES string of the molecule is Cc1nc(NC(=O)Cn2ccc3cc([N+](=O)[O-])ccc32)sc1-c1ccccc1. The van der Waals surface area contributed by atoms with Gasteiger partial charge in [0, 0.05) is 29.2 Å². The van der Waals surface area contributed by atoms with Crippen LogP contribution in [-0.4, -0.2) is 20.4 Å². The molecule has 0 bridgehead atoms. The predicted octanol–water partition coefficient (Wildman–Crippen LogP) is 4.62. The number of benzene rings is 2. The van der Waals surface area contributed by atoms with Crippen molar-refractivity contribution < 1.29 is 9.72 Å². The van der Waals surface area contributed by atoms with Crippen LogP contribution in [0.1, 0.15) is 5.69 Å². The summed E-state index contributed by atoms with van der Waals surface area (Å²) in [6.07, 6.45) is 1.75. The molecule has 0 saturated heterocycles. The summed E-state index contributed by atoms with van der Waals surface area (Å²) in [6, 6.07) is 16.3. The Balaban J connectivity index is 1.51. The standard InChI is InChI=1S/C20H16N4O3S/c1-13-19(14-5-3-2-4-6-14)28-20(21-13)22-18(25)12-23-10-9-15-11-16(24(26)27)7-8-17(15)23/h2-11H,12H2,1H3,(H,21,22,25). The summed E-state index contributed by atoms with van der Waals surface area (Å²) in [5.74, 6) is -0.204. The van der Waals surface area contributed by atoms with Crippen molar-refractivity contribution in [3.8, 4) is 10.4 Å². The second-order valence-electron chi connectivity index (χ2n) is 6.29. The van der Waals surface area contributed by atoms with Gasteiger partial charge in [0.05, 0.1) is 15.5 Å². The van der Waals surface area contributed by atoms with Gasteiger partial charge in [-0.1, -0.05) is 41.7 Å². The zero-order valence-corrected chi connectivity index (χ0v) is 15.8. The number of nitro benzene ring substituents is 1. The van der Waals surface area contributed by atoms with E-state index >= 15 is 0 Å². The summed E-state index contributed by atoms with van der Waals surface area (Å²) in [6.45, 7) is 2.02. The number of anilines is 1. The van der Waals surface area contributed by atoms with Gasteiger partial charge in [-0.2, -0.15) is 0 Å². The van der Waals surface area contributed by atoms with Crippen molar-refractivity contribution >= 4 is 39.0 Å². The number of hydrogen-bond acceptors (Lipinski definition) is 5. The van der Waals surface area contributed by atoms with Crippen LogP contribution in [0.15, 0.2) is 60.8 Å². The summed E-state index contributed by atoms with van der Waals surface area (Å²) in [7, 11) is 0. The first-order valence-electron chi connectivity index (χ1n) is 8.57. The lowest BCUT2D eigenvalue weighted by atomic mass is 10.2. The van der Waals surface area contributed by atoms with Crippen molar-refractivity contribution in [3.05, 3.63) is 76.6 Å². The molecule has 7 nitrogen and oxygen atoms in total. The number of carbonyl (C=O) groups excluding carboxylic acids is 1. The lowest BCUT2D eigenvalue weighted by molar-refractivity contribution is -0.384. The molecule has 8 heteroatoms. The first kappa shape index (κ1) is 17.9. The van der Waals surface area contributed by atoms with E-state index < -0.39 is 4.92 Å². The first-order valence-corrected chi connectivity index (χ1v) is 9.39. The number of fused-ring (bicyclic) bond motifs is 1. The molecule has 0 fully saturated rings. The predicted molar refractivity (Wildman–Crippen MR) is 110 cm³/mol. The van der Waals surface area contributed by atoms with Gasteiger partial charge >= 0.3 is 0 Å². The molecule has 4 rings (SSSR count). The molecule has 0 aliphatic heterocycles. The maximum atomic E-state index is 12.5. The Morgan fingerprint density at radius 1 is 1.21 bits per heavy atom. The van der Waals surface area contributed by atoms with Gasteiger partial charge in [-0.15, -0.1) is 0 Å².